The molecule has 0 aliphatic carbocycles. The van der Waals surface area contributed by atoms with Gasteiger partial charge in [0.2, 0.25) is 0 Å². The largest absolute Gasteiger partial charge is 0.307 e. The molecule has 0 saturated carbocycles. The van der Waals surface area contributed by atoms with Crippen LogP contribution in [-0.4, -0.2) is 14.4 Å². The Morgan fingerprint density at radius 1 is 0.545 bits per heavy atom. The molecule has 0 aliphatic rings. The van der Waals surface area contributed by atoms with E-state index >= 15 is 0 Å². The standard InChI is InChI=1S/C30H19N3/c1-16-9-11-31-24(13-16)22-15-23(25-14-17(2)10-12-32-25)27-21-8-4-6-19-18-5-3-7-20-26(22)30(27)33(28(18)20)29(19)21/h3-15H,1-2H3. The topological polar surface area (TPSA) is 30.2 Å². The van der Waals surface area contributed by atoms with E-state index in [1.165, 1.54) is 71.1 Å². The summed E-state index contributed by atoms with van der Waals surface area (Å²) in [4.78, 5) is 9.62. The Bertz CT molecular complexity index is 1850. The Labute approximate surface area is 189 Å². The van der Waals surface area contributed by atoms with E-state index in [1.54, 1.807) is 0 Å². The van der Waals surface area contributed by atoms with Crippen LogP contribution in [0.3, 0.4) is 0 Å². The smallest absolute Gasteiger partial charge is 0.0711 e. The highest BCUT2D eigenvalue weighted by Gasteiger charge is 2.28. The number of nitrogens with zero attached hydrogens (tertiary/aromatic N) is 3. The third kappa shape index (κ3) is 2.01. The molecule has 5 heterocycles. The maximum absolute atomic E-state index is 4.81. The van der Waals surface area contributed by atoms with Crippen LogP contribution in [0.2, 0.25) is 0 Å². The molecule has 3 aromatic carbocycles. The van der Waals surface area contributed by atoms with Crippen molar-refractivity contribution in [3.63, 3.8) is 0 Å². The summed E-state index contributed by atoms with van der Waals surface area (Å²) in [6.45, 7) is 4.26. The summed E-state index contributed by atoms with van der Waals surface area (Å²) in [6, 6.07) is 24.3. The lowest BCUT2D eigenvalue weighted by Gasteiger charge is -2.11. The number of aromatic nitrogens is 3. The van der Waals surface area contributed by atoms with Crippen molar-refractivity contribution < 1.29 is 0 Å². The van der Waals surface area contributed by atoms with Crippen molar-refractivity contribution in [1.82, 2.24) is 14.4 Å². The molecule has 0 radical (unpaired) electrons. The lowest BCUT2D eigenvalue weighted by Crippen LogP contribution is -1.91. The third-order valence-electron chi connectivity index (χ3n) is 7.26. The van der Waals surface area contributed by atoms with Crippen molar-refractivity contribution in [2.75, 3.05) is 0 Å². The van der Waals surface area contributed by atoms with Gasteiger partial charge in [0.05, 0.1) is 27.9 Å². The molecule has 0 fully saturated rings. The van der Waals surface area contributed by atoms with Gasteiger partial charge in [-0.25, -0.2) is 0 Å². The van der Waals surface area contributed by atoms with Crippen LogP contribution in [-0.2, 0) is 0 Å². The highest BCUT2D eigenvalue weighted by atomic mass is 14.9. The first-order valence-corrected chi connectivity index (χ1v) is 11.3. The van der Waals surface area contributed by atoms with Crippen LogP contribution in [0.5, 0.6) is 0 Å². The van der Waals surface area contributed by atoms with Crippen LogP contribution >= 0.6 is 0 Å². The summed E-state index contributed by atoms with van der Waals surface area (Å²) in [6.07, 6.45) is 3.83. The Morgan fingerprint density at radius 2 is 1.03 bits per heavy atom. The van der Waals surface area contributed by atoms with E-state index in [0.717, 1.165) is 11.4 Å². The van der Waals surface area contributed by atoms with E-state index < -0.39 is 0 Å². The second-order valence-electron chi connectivity index (χ2n) is 9.25. The van der Waals surface area contributed by atoms with Crippen molar-refractivity contribution in [1.29, 1.82) is 0 Å². The number of rotatable bonds is 2. The fourth-order valence-corrected chi connectivity index (χ4v) is 5.95. The number of hydrogen-bond donors (Lipinski definition) is 0. The van der Waals surface area contributed by atoms with Gasteiger partial charge in [-0.1, -0.05) is 36.4 Å². The molecule has 0 bridgehead atoms. The minimum absolute atomic E-state index is 1.01. The first-order valence-electron chi connectivity index (χ1n) is 11.3. The Morgan fingerprint density at radius 3 is 1.52 bits per heavy atom. The van der Waals surface area contributed by atoms with Crippen LogP contribution in [0.1, 0.15) is 11.1 Å². The zero-order valence-corrected chi connectivity index (χ0v) is 18.3. The molecule has 3 nitrogen and oxygen atoms in total. The van der Waals surface area contributed by atoms with Gasteiger partial charge in [0, 0.05) is 55.8 Å². The van der Waals surface area contributed by atoms with Gasteiger partial charge in [-0.3, -0.25) is 9.97 Å². The number of hydrogen-bond acceptors (Lipinski definition) is 2. The van der Waals surface area contributed by atoms with Gasteiger partial charge in [-0.2, -0.15) is 0 Å². The summed E-state index contributed by atoms with van der Waals surface area (Å²) in [5, 5.41) is 7.82. The normalized spacial score (nSPS) is 12.5. The lowest BCUT2D eigenvalue weighted by molar-refractivity contribution is 1.28. The molecule has 3 heteroatoms. The summed E-state index contributed by atoms with van der Waals surface area (Å²) >= 11 is 0. The van der Waals surface area contributed by atoms with Crippen molar-refractivity contribution in [3.8, 4) is 22.5 Å². The first kappa shape index (κ1) is 17.3. The summed E-state index contributed by atoms with van der Waals surface area (Å²) in [5.74, 6) is 0. The van der Waals surface area contributed by atoms with Crippen LogP contribution in [0.25, 0.3) is 71.4 Å². The van der Waals surface area contributed by atoms with Gasteiger partial charge in [-0.15, -0.1) is 0 Å². The fraction of sp³-hybridized carbons (Fsp3) is 0.0667. The molecule has 8 aromatic rings. The predicted octanol–water partition coefficient (Wildman–Crippen LogP) is 7.61. The van der Waals surface area contributed by atoms with Crippen LogP contribution in [0.4, 0.5) is 0 Å². The van der Waals surface area contributed by atoms with Gasteiger partial charge in [0.25, 0.3) is 0 Å². The molecule has 33 heavy (non-hydrogen) atoms. The average molecular weight is 422 g/mol. The van der Waals surface area contributed by atoms with E-state index in [4.69, 9.17) is 9.97 Å². The number of para-hydroxylation sites is 2. The van der Waals surface area contributed by atoms with E-state index in [-0.39, 0.29) is 0 Å². The molecule has 0 amide bonds. The van der Waals surface area contributed by atoms with Crippen LogP contribution < -0.4 is 0 Å². The average Bonchev–Trinajstić information content (AvgIpc) is 3.47. The number of fused-ring (bicyclic) bond motifs is 3. The van der Waals surface area contributed by atoms with E-state index in [1.807, 2.05) is 12.4 Å². The van der Waals surface area contributed by atoms with Gasteiger partial charge in [0.1, 0.15) is 0 Å². The zero-order chi connectivity index (χ0) is 21.8. The van der Waals surface area contributed by atoms with Crippen molar-refractivity contribution in [2.45, 2.75) is 13.8 Å². The fourth-order valence-electron chi connectivity index (χ4n) is 5.95. The Kier molecular flexibility index (Phi) is 3.02. The molecule has 0 atom stereocenters. The summed E-state index contributed by atoms with van der Waals surface area (Å²) in [5.41, 5.74) is 10.7. The highest BCUT2D eigenvalue weighted by molar-refractivity contribution is 6.37. The molecule has 0 N–H and O–H groups in total. The minimum Gasteiger partial charge on any atom is -0.307 e. The molecule has 8 rings (SSSR count). The second kappa shape index (κ2) is 5.76. The molecule has 0 saturated heterocycles. The Balaban J connectivity index is 1.70. The van der Waals surface area contributed by atoms with E-state index in [9.17, 15) is 0 Å². The molecule has 154 valence electrons. The summed E-state index contributed by atoms with van der Waals surface area (Å²) in [7, 11) is 0. The minimum atomic E-state index is 1.01. The maximum atomic E-state index is 4.81. The molecule has 0 unspecified atom stereocenters. The van der Waals surface area contributed by atoms with Gasteiger partial charge in [-0.05, 0) is 55.3 Å². The zero-order valence-electron chi connectivity index (χ0n) is 18.3. The van der Waals surface area contributed by atoms with E-state index in [2.05, 4.69) is 85.0 Å². The summed E-state index contributed by atoms with van der Waals surface area (Å²) < 4.78 is 2.50. The van der Waals surface area contributed by atoms with Crippen LogP contribution in [0, 0.1) is 13.8 Å². The number of pyridine rings is 2. The first-order chi connectivity index (χ1) is 16.2. The Hall–Kier alpha value is -4.24. The monoisotopic (exact) mass is 421 g/mol. The van der Waals surface area contributed by atoms with Crippen molar-refractivity contribution >= 4 is 48.9 Å². The highest BCUT2D eigenvalue weighted by Crippen LogP contribution is 2.51. The lowest BCUT2D eigenvalue weighted by atomic mass is 9.94. The van der Waals surface area contributed by atoms with Gasteiger partial charge < -0.3 is 4.40 Å². The predicted molar refractivity (Wildman–Crippen MR) is 137 cm³/mol. The second-order valence-corrected chi connectivity index (χ2v) is 9.25. The molecule has 0 aliphatic heterocycles. The van der Waals surface area contributed by atoms with Crippen LogP contribution in [0.15, 0.2) is 79.1 Å². The van der Waals surface area contributed by atoms with E-state index in [0.29, 0.717) is 0 Å². The quantitative estimate of drug-likeness (QED) is 0.288. The van der Waals surface area contributed by atoms with Gasteiger partial charge >= 0.3 is 0 Å². The maximum Gasteiger partial charge on any atom is 0.0711 e. The number of aryl methyl sites for hydroxylation is 2. The molecule has 5 aromatic heterocycles. The number of benzene rings is 3. The molecular weight excluding hydrogens is 402 g/mol. The SMILES string of the molecule is Cc1ccnc(-c2cc(-c3cc(C)ccn3)c3c4cccc5c6cccc7c2c3n(c67)c54)c1. The molecule has 0 spiro atoms. The third-order valence-corrected chi connectivity index (χ3v) is 7.26. The van der Waals surface area contributed by atoms with Crippen molar-refractivity contribution in [3.05, 3.63) is 90.3 Å². The van der Waals surface area contributed by atoms with Gasteiger partial charge in [0.15, 0.2) is 0 Å². The van der Waals surface area contributed by atoms with Crippen molar-refractivity contribution in [2.24, 2.45) is 0 Å². The molecular formula is C30H19N3.